The van der Waals surface area contributed by atoms with Gasteiger partial charge in [0, 0.05) is 0 Å². The van der Waals surface area contributed by atoms with Crippen LogP contribution in [0.3, 0.4) is 0 Å². The van der Waals surface area contributed by atoms with E-state index < -0.39 is 8.07 Å². The van der Waals surface area contributed by atoms with Crippen molar-refractivity contribution in [3.05, 3.63) is 120 Å². The quantitative estimate of drug-likeness (QED) is 0.188. The Labute approximate surface area is 245 Å². The molecule has 0 atom stereocenters. The number of rotatable bonds is 3. The molecule has 2 aliphatic rings. The molecule has 0 fully saturated rings. The molecule has 0 bridgehead atoms. The zero-order chi connectivity index (χ0) is 22.2. The van der Waals surface area contributed by atoms with Gasteiger partial charge in [0.15, 0.2) is 8.07 Å². The van der Waals surface area contributed by atoms with Gasteiger partial charge in [-0.3, -0.25) is 0 Å². The standard InChI is InChI=1S/C32H25Si.2ClH.Zr/c1-21-17-18-27-24(19-21)20-28-29(23-11-9-10-12-23)22(2)31-32(30(27)28)33(31,25-13-5-3-6-14-25)26-15-7-4-8-16-26;;;/h3-11,13-20H,12H2,1-2H3;2*1H;/q-1;;;+3/p-2. The van der Waals surface area contributed by atoms with Crippen LogP contribution in [0.25, 0.3) is 27.1 Å². The Kier molecular flexibility index (Phi) is 7.48. The van der Waals surface area contributed by atoms with Crippen LogP contribution in [0.4, 0.5) is 0 Å². The Morgan fingerprint density at radius 2 is 1.42 bits per heavy atom. The van der Waals surface area contributed by atoms with Gasteiger partial charge in [0.1, 0.15) is 0 Å². The maximum absolute atomic E-state index is 2.47. The van der Waals surface area contributed by atoms with E-state index in [1.165, 1.54) is 54.2 Å². The molecule has 5 aromatic rings. The van der Waals surface area contributed by atoms with Crippen LogP contribution in [0.1, 0.15) is 23.1 Å². The molecule has 0 spiro atoms. The van der Waals surface area contributed by atoms with Crippen molar-refractivity contribution < 1.29 is 51.0 Å². The molecule has 36 heavy (non-hydrogen) atoms. The molecule has 1 heterocycles. The van der Waals surface area contributed by atoms with Crippen molar-refractivity contribution in [1.82, 2.24) is 0 Å². The minimum absolute atomic E-state index is 0. The second-order valence-electron chi connectivity index (χ2n) is 9.58. The molecule has 0 N–H and O–H groups in total. The molecule has 0 saturated carbocycles. The predicted molar refractivity (Wildman–Crippen MR) is 145 cm³/mol. The van der Waals surface area contributed by atoms with Crippen molar-refractivity contribution in [1.29, 1.82) is 0 Å². The Morgan fingerprint density at radius 1 is 0.778 bits per heavy atom. The van der Waals surface area contributed by atoms with Gasteiger partial charge < -0.3 is 24.8 Å². The molecule has 1 aliphatic heterocycles. The number of hydrogen-bond acceptors (Lipinski definition) is 0. The van der Waals surface area contributed by atoms with Crippen molar-refractivity contribution in [2.75, 3.05) is 0 Å². The molecule has 0 unspecified atom stereocenters. The van der Waals surface area contributed by atoms with E-state index in [-0.39, 0.29) is 51.0 Å². The van der Waals surface area contributed by atoms with E-state index in [1.807, 2.05) is 0 Å². The van der Waals surface area contributed by atoms with Gasteiger partial charge in [0.05, 0.1) is 0 Å². The average molecular weight is 600 g/mol. The smallest absolute Gasteiger partial charge is 1.00 e. The first kappa shape index (κ1) is 27.0. The van der Waals surface area contributed by atoms with Crippen LogP contribution in [-0.2, 0) is 26.2 Å². The van der Waals surface area contributed by atoms with E-state index in [0.717, 1.165) is 6.42 Å². The molecular formula is C32H25Cl2SiZr. The first-order valence-corrected chi connectivity index (χ1v) is 13.9. The zero-order valence-corrected chi connectivity index (χ0v) is 25.2. The van der Waals surface area contributed by atoms with Gasteiger partial charge >= 0.3 is 26.2 Å². The van der Waals surface area contributed by atoms with Crippen LogP contribution in [0.5, 0.6) is 0 Å². The molecule has 175 valence electrons. The fraction of sp³-hybridized carbons (Fsp3) is 0.0938. The Bertz CT molecular complexity index is 1610. The molecule has 1 aliphatic carbocycles. The number of halogens is 2. The van der Waals surface area contributed by atoms with Crippen molar-refractivity contribution >= 4 is 55.9 Å². The van der Waals surface area contributed by atoms with Crippen LogP contribution < -0.4 is 45.6 Å². The van der Waals surface area contributed by atoms with E-state index in [9.17, 15) is 0 Å². The van der Waals surface area contributed by atoms with Crippen molar-refractivity contribution in [2.24, 2.45) is 0 Å². The van der Waals surface area contributed by atoms with E-state index in [1.54, 1.807) is 10.4 Å². The van der Waals surface area contributed by atoms with Crippen LogP contribution in [0.15, 0.2) is 103 Å². The van der Waals surface area contributed by atoms with Gasteiger partial charge in [-0.25, -0.2) is 0 Å². The van der Waals surface area contributed by atoms with E-state index in [2.05, 4.69) is 117 Å². The zero-order valence-electron chi connectivity index (χ0n) is 20.3. The number of benzene rings is 4. The second kappa shape index (κ2) is 9.99. The number of hydrogen-bond donors (Lipinski definition) is 0. The summed E-state index contributed by atoms with van der Waals surface area (Å²) in [6.45, 7) is 4.59. The van der Waals surface area contributed by atoms with Gasteiger partial charge in [0.2, 0.25) is 0 Å². The van der Waals surface area contributed by atoms with Crippen LogP contribution in [-0.4, -0.2) is 8.07 Å². The molecule has 0 nitrogen and oxygen atoms in total. The van der Waals surface area contributed by atoms with Gasteiger partial charge in [0.25, 0.3) is 0 Å². The third kappa shape index (κ3) is 3.61. The molecular weight excluding hydrogens is 575 g/mol. The summed E-state index contributed by atoms with van der Waals surface area (Å²) in [5, 5.41) is 12.0. The van der Waals surface area contributed by atoms with Gasteiger partial charge in [-0.2, -0.15) is 0 Å². The van der Waals surface area contributed by atoms with Gasteiger partial charge in [-0.1, -0.05) is 124 Å². The predicted octanol–water partition coefficient (Wildman–Crippen LogP) is -0.632. The minimum Gasteiger partial charge on any atom is -1.00 e. The van der Waals surface area contributed by atoms with Crippen LogP contribution in [0, 0.1) is 13.8 Å². The Balaban J connectivity index is 0.00000101. The fourth-order valence-electron chi connectivity index (χ4n) is 6.42. The fourth-order valence-corrected chi connectivity index (χ4v) is 11.9. The molecule has 5 aromatic carbocycles. The summed E-state index contributed by atoms with van der Waals surface area (Å²) >= 11 is 0. The summed E-state index contributed by atoms with van der Waals surface area (Å²) in [6, 6.07) is 32.1. The van der Waals surface area contributed by atoms with E-state index in [0.29, 0.717) is 0 Å². The molecule has 0 aromatic heterocycles. The van der Waals surface area contributed by atoms with Gasteiger partial charge in [-0.15, -0.1) is 33.7 Å². The molecule has 1 radical (unpaired) electrons. The summed E-state index contributed by atoms with van der Waals surface area (Å²) in [5.74, 6) is 0. The molecule has 4 heteroatoms. The maximum atomic E-state index is 2.47. The number of fused-ring (bicyclic) bond motifs is 5. The third-order valence-electron chi connectivity index (χ3n) is 7.76. The molecule has 7 rings (SSSR count). The van der Waals surface area contributed by atoms with Crippen molar-refractivity contribution in [3.63, 3.8) is 0 Å². The second-order valence-corrected chi connectivity index (χ2v) is 13.2. The monoisotopic (exact) mass is 597 g/mol. The number of aryl methyl sites for hydroxylation is 1. The average Bonchev–Trinajstić information content (AvgIpc) is 3.11. The third-order valence-corrected chi connectivity index (χ3v) is 12.5. The topological polar surface area (TPSA) is 0 Å². The summed E-state index contributed by atoms with van der Waals surface area (Å²) < 4.78 is 0. The maximum Gasteiger partial charge on any atom is 3.00 e. The normalized spacial score (nSPS) is 14.4. The van der Waals surface area contributed by atoms with E-state index in [4.69, 9.17) is 0 Å². The largest absolute Gasteiger partial charge is 3.00 e. The van der Waals surface area contributed by atoms with E-state index >= 15 is 0 Å². The van der Waals surface area contributed by atoms with Crippen molar-refractivity contribution in [3.8, 4) is 0 Å². The summed E-state index contributed by atoms with van der Waals surface area (Å²) in [6.07, 6.45) is 7.87. The SMILES string of the molecule is Cc1ccc2c(c1)[cH-]c1c(C3=CC=CC3)c(C)c3c(c12)[Si]3(c1ccccc1)c1ccccc1.[Cl-].[Cl-].[Zr+3]. The Hall–Kier alpha value is -2.09. The number of allylic oxidation sites excluding steroid dienone is 4. The summed E-state index contributed by atoms with van der Waals surface area (Å²) in [5.41, 5.74) is 5.76. The van der Waals surface area contributed by atoms with Crippen LogP contribution >= 0.6 is 0 Å². The van der Waals surface area contributed by atoms with Crippen molar-refractivity contribution in [2.45, 2.75) is 20.3 Å². The van der Waals surface area contributed by atoms with Crippen LogP contribution in [0.2, 0.25) is 0 Å². The summed E-state index contributed by atoms with van der Waals surface area (Å²) in [4.78, 5) is 0. The van der Waals surface area contributed by atoms with Gasteiger partial charge in [-0.05, 0) is 30.6 Å². The molecule has 0 saturated heterocycles. The minimum atomic E-state index is -2.18. The Morgan fingerprint density at radius 3 is 2.00 bits per heavy atom. The first-order valence-electron chi connectivity index (χ1n) is 11.9. The molecule has 0 amide bonds. The summed E-state index contributed by atoms with van der Waals surface area (Å²) in [7, 11) is -2.18. The first-order chi connectivity index (χ1) is 16.2.